The van der Waals surface area contributed by atoms with Gasteiger partial charge < -0.3 is 28.3 Å². The van der Waals surface area contributed by atoms with Crippen LogP contribution >= 0.6 is 19.6 Å². The molecule has 0 bridgehead atoms. The third-order valence-electron chi connectivity index (χ3n) is 7.71. The number of esters is 2. The number of rotatable bonds is 33. The van der Waals surface area contributed by atoms with E-state index in [0.717, 1.165) is 50.7 Å². The summed E-state index contributed by atoms with van der Waals surface area (Å²) in [6.07, 6.45) is 25.5. The van der Waals surface area contributed by atoms with Gasteiger partial charge in [0.1, 0.15) is 6.61 Å². The van der Waals surface area contributed by atoms with Crippen LogP contribution in [-0.4, -0.2) is 42.1 Å². The summed E-state index contributed by atoms with van der Waals surface area (Å²) in [6, 6.07) is 0. The number of carbonyl (C=O) groups is 3. The predicted octanol–water partition coefficient (Wildman–Crippen LogP) is 2.35. The summed E-state index contributed by atoms with van der Waals surface area (Å²) in [6.45, 7) is 2.82. The topological polar surface area (TPSA) is 142 Å². The van der Waals surface area contributed by atoms with E-state index in [1.165, 1.54) is 102 Å². The van der Waals surface area contributed by atoms with Crippen LogP contribution in [0.5, 0.6) is 0 Å². The second-order valence-electron chi connectivity index (χ2n) is 12.2. The maximum absolute atomic E-state index is 12.3. The van der Waals surface area contributed by atoms with Crippen LogP contribution in [0.25, 0.3) is 0 Å². The van der Waals surface area contributed by atoms with Crippen LogP contribution < -0.4 is 68.9 Å². The monoisotopic (exact) mass is 724 g/mol. The standard InChI is InChI=1S/C34H65O9PS.2Na/c1-3-4-5-6-7-8-9-11-15-18-21-24-27-34(37)43-32(30-42-44(38,39)40)29-41-33(36)26-23-20-17-14-12-10-13-16-19-22-25-28-45-31(2)35;;/h32H,3-30H2,1-2H3,(H2,38,39,40);;/q;2*+1/p-2/t32-;;/m0../s1. The SMILES string of the molecule is CCCCCCCCCCCCCCC(=O)O[C@@H](COC(=O)CCCCCCCCCCCCCSC(C)=O)COP(=O)([O-])[O-].[Na+].[Na+]. The van der Waals surface area contributed by atoms with Crippen LogP contribution in [0.4, 0.5) is 0 Å². The molecule has 0 saturated carbocycles. The largest absolute Gasteiger partial charge is 1.00 e. The fourth-order valence-electron chi connectivity index (χ4n) is 5.08. The second kappa shape index (κ2) is 38.3. The smallest absolute Gasteiger partial charge is 0.790 e. The van der Waals surface area contributed by atoms with Crippen molar-refractivity contribution in [1.29, 1.82) is 0 Å². The third kappa shape index (κ3) is 43.2. The molecule has 0 spiro atoms. The zero-order valence-electron chi connectivity index (χ0n) is 30.4. The van der Waals surface area contributed by atoms with Crippen molar-refractivity contribution in [3.05, 3.63) is 0 Å². The Morgan fingerprint density at radius 1 is 0.596 bits per heavy atom. The van der Waals surface area contributed by atoms with Gasteiger partial charge in [0.05, 0.1) is 14.4 Å². The molecule has 0 aromatic rings. The van der Waals surface area contributed by atoms with E-state index in [-0.39, 0.29) is 83.7 Å². The minimum absolute atomic E-state index is 0. The summed E-state index contributed by atoms with van der Waals surface area (Å²) in [5.41, 5.74) is 0. The molecular weight excluding hydrogens is 661 g/mol. The second-order valence-corrected chi connectivity index (χ2v) is 14.6. The van der Waals surface area contributed by atoms with Gasteiger partial charge in [-0.1, -0.05) is 147 Å². The van der Waals surface area contributed by atoms with Gasteiger partial charge in [0, 0.05) is 25.5 Å². The molecule has 266 valence electrons. The maximum atomic E-state index is 12.3. The number of phosphoric acid groups is 1. The molecule has 0 aliphatic rings. The van der Waals surface area contributed by atoms with Crippen LogP contribution in [-0.2, 0) is 32.9 Å². The summed E-state index contributed by atoms with van der Waals surface area (Å²) in [5, 5.41) is 0.195. The molecule has 9 nitrogen and oxygen atoms in total. The zero-order valence-corrected chi connectivity index (χ0v) is 36.1. The number of thioether (sulfide) groups is 1. The van der Waals surface area contributed by atoms with Gasteiger partial charge >= 0.3 is 71.1 Å². The third-order valence-corrected chi connectivity index (χ3v) is 9.08. The minimum Gasteiger partial charge on any atom is -0.790 e. The molecule has 0 rings (SSSR count). The van der Waals surface area contributed by atoms with Crippen molar-refractivity contribution in [2.45, 2.75) is 180 Å². The summed E-state index contributed by atoms with van der Waals surface area (Å²) in [7, 11) is -5.25. The normalized spacial score (nSPS) is 11.7. The molecule has 0 aromatic carbocycles. The van der Waals surface area contributed by atoms with E-state index in [1.54, 1.807) is 6.92 Å². The Bertz CT molecular complexity index is 787. The average molecular weight is 725 g/mol. The van der Waals surface area contributed by atoms with Gasteiger partial charge in [-0.05, 0) is 19.3 Å². The van der Waals surface area contributed by atoms with Gasteiger partial charge in [-0.25, -0.2) is 0 Å². The molecule has 13 heteroatoms. The molecule has 47 heavy (non-hydrogen) atoms. The molecule has 0 unspecified atom stereocenters. The zero-order chi connectivity index (χ0) is 33.4. The van der Waals surface area contributed by atoms with Crippen molar-refractivity contribution in [1.82, 2.24) is 0 Å². The molecular formula is C34H63Na2O9PS. The van der Waals surface area contributed by atoms with Crippen LogP contribution in [0.2, 0.25) is 0 Å². The Labute approximate surface area is 335 Å². The molecule has 0 radical (unpaired) electrons. The van der Waals surface area contributed by atoms with Crippen LogP contribution in [0, 0.1) is 0 Å². The fraction of sp³-hybridized carbons (Fsp3) is 0.912. The van der Waals surface area contributed by atoms with Gasteiger partial charge in [-0.2, -0.15) is 0 Å². The molecule has 0 amide bonds. The Balaban J connectivity index is -0.00000968. The van der Waals surface area contributed by atoms with Gasteiger partial charge in [0.15, 0.2) is 11.2 Å². The van der Waals surface area contributed by atoms with Crippen molar-refractivity contribution in [2.24, 2.45) is 0 Å². The molecule has 0 aliphatic carbocycles. The van der Waals surface area contributed by atoms with Crippen LogP contribution in [0.15, 0.2) is 0 Å². The van der Waals surface area contributed by atoms with E-state index in [1.807, 2.05) is 0 Å². The number of hydrogen-bond donors (Lipinski definition) is 0. The first kappa shape index (κ1) is 52.4. The first-order valence-corrected chi connectivity index (χ1v) is 20.2. The van der Waals surface area contributed by atoms with E-state index in [0.29, 0.717) is 12.8 Å². The predicted molar refractivity (Wildman–Crippen MR) is 179 cm³/mol. The fourth-order valence-corrected chi connectivity index (χ4v) is 6.07. The molecule has 0 N–H and O–H groups in total. The molecule has 0 aromatic heterocycles. The van der Waals surface area contributed by atoms with E-state index in [9.17, 15) is 28.7 Å². The number of hydrogen-bond acceptors (Lipinski definition) is 10. The van der Waals surface area contributed by atoms with E-state index < -0.39 is 32.5 Å². The maximum Gasteiger partial charge on any atom is 1.00 e. The molecule has 0 heterocycles. The molecule has 0 fully saturated rings. The van der Waals surface area contributed by atoms with Crippen molar-refractivity contribution >= 4 is 36.6 Å². The van der Waals surface area contributed by atoms with Gasteiger partial charge in [-0.15, -0.1) is 0 Å². The number of carbonyl (C=O) groups excluding carboxylic acids is 3. The first-order chi connectivity index (χ1) is 21.6. The van der Waals surface area contributed by atoms with E-state index in [2.05, 4.69) is 11.4 Å². The Hall–Kier alpha value is 1.07. The Morgan fingerprint density at radius 3 is 1.38 bits per heavy atom. The van der Waals surface area contributed by atoms with Gasteiger partial charge in [0.25, 0.3) is 0 Å². The summed E-state index contributed by atoms with van der Waals surface area (Å²) in [5.74, 6) is -0.0510. The number of ether oxygens (including phenoxy) is 2. The number of phosphoric ester groups is 1. The molecule has 1 atom stereocenters. The Morgan fingerprint density at radius 2 is 0.979 bits per heavy atom. The quantitative estimate of drug-likeness (QED) is 0.0429. The minimum atomic E-state index is -5.25. The van der Waals surface area contributed by atoms with Crippen molar-refractivity contribution in [3.63, 3.8) is 0 Å². The van der Waals surface area contributed by atoms with Crippen molar-refractivity contribution in [2.75, 3.05) is 19.0 Å². The molecule has 0 aliphatic heterocycles. The first-order valence-electron chi connectivity index (χ1n) is 17.8. The van der Waals surface area contributed by atoms with Crippen molar-refractivity contribution < 1.29 is 102 Å². The average Bonchev–Trinajstić information content (AvgIpc) is 2.98. The van der Waals surface area contributed by atoms with Gasteiger partial charge in [-0.3, -0.25) is 14.4 Å². The molecule has 0 saturated heterocycles. The van der Waals surface area contributed by atoms with Crippen LogP contribution in [0.3, 0.4) is 0 Å². The van der Waals surface area contributed by atoms with E-state index >= 15 is 0 Å². The van der Waals surface area contributed by atoms with Crippen molar-refractivity contribution in [3.8, 4) is 0 Å². The summed E-state index contributed by atoms with van der Waals surface area (Å²) < 4.78 is 25.7. The number of unbranched alkanes of at least 4 members (excludes halogenated alkanes) is 21. The Kier molecular flexibility index (Phi) is 42.7. The summed E-state index contributed by atoms with van der Waals surface area (Å²) >= 11 is 1.41. The van der Waals surface area contributed by atoms with Crippen LogP contribution in [0.1, 0.15) is 174 Å². The summed E-state index contributed by atoms with van der Waals surface area (Å²) in [4.78, 5) is 57.2. The van der Waals surface area contributed by atoms with E-state index in [4.69, 9.17) is 9.47 Å². The van der Waals surface area contributed by atoms with Gasteiger partial charge in [0.2, 0.25) is 0 Å².